The molecule has 6 nitrogen and oxygen atoms in total. The summed E-state index contributed by atoms with van der Waals surface area (Å²) in [7, 11) is 0. The lowest BCUT2D eigenvalue weighted by atomic mass is 10.2. The van der Waals surface area contributed by atoms with E-state index >= 15 is 0 Å². The van der Waals surface area contributed by atoms with E-state index in [1.54, 1.807) is 24.4 Å². The molecule has 1 atom stereocenters. The fourth-order valence-corrected chi connectivity index (χ4v) is 2.41. The average molecular weight is 311 g/mol. The van der Waals surface area contributed by atoms with Crippen molar-refractivity contribution >= 4 is 16.7 Å². The maximum atomic E-state index is 12.5. The minimum atomic E-state index is -0.296. The van der Waals surface area contributed by atoms with E-state index in [2.05, 4.69) is 10.4 Å². The molecule has 0 aliphatic heterocycles. The molecule has 0 saturated heterocycles. The molecule has 0 bridgehead atoms. The number of fused-ring (bicyclic) bond motifs is 1. The van der Waals surface area contributed by atoms with Crippen LogP contribution in [0.3, 0.4) is 0 Å². The van der Waals surface area contributed by atoms with Crippen LogP contribution in [0.25, 0.3) is 10.8 Å². The van der Waals surface area contributed by atoms with Crippen molar-refractivity contribution in [2.75, 3.05) is 0 Å². The minimum Gasteiger partial charge on any atom is -0.459 e. The molecule has 2 aromatic heterocycles. The second kappa shape index (κ2) is 6.48. The van der Waals surface area contributed by atoms with Crippen molar-refractivity contribution < 1.29 is 9.21 Å². The number of amides is 1. The maximum Gasteiger partial charge on any atom is 0.287 e. The number of rotatable bonds is 5. The highest BCUT2D eigenvalue weighted by Crippen LogP contribution is 2.07. The number of carbonyl (C=O) groups is 1. The van der Waals surface area contributed by atoms with Crippen molar-refractivity contribution in [1.82, 2.24) is 15.1 Å². The van der Waals surface area contributed by atoms with Crippen LogP contribution in [0, 0.1) is 0 Å². The topological polar surface area (TPSA) is 77.1 Å². The Bertz CT molecular complexity index is 868. The molecule has 1 aromatic carbocycles. The van der Waals surface area contributed by atoms with E-state index in [9.17, 15) is 9.59 Å². The van der Waals surface area contributed by atoms with Gasteiger partial charge in [0.1, 0.15) is 0 Å². The predicted octanol–water partition coefficient (Wildman–Crippen LogP) is 2.20. The Morgan fingerprint density at radius 1 is 1.30 bits per heavy atom. The third-order valence-corrected chi connectivity index (χ3v) is 3.73. The number of carbonyl (C=O) groups excluding carboxylic acids is 1. The monoisotopic (exact) mass is 311 g/mol. The molecule has 2 heterocycles. The van der Waals surface area contributed by atoms with Gasteiger partial charge in [0.15, 0.2) is 5.76 Å². The van der Waals surface area contributed by atoms with Crippen LogP contribution in [0.1, 0.15) is 23.9 Å². The molecule has 6 heteroatoms. The van der Waals surface area contributed by atoms with Crippen molar-refractivity contribution in [1.29, 1.82) is 0 Å². The first-order valence-corrected chi connectivity index (χ1v) is 7.48. The van der Waals surface area contributed by atoms with E-state index in [0.717, 1.165) is 5.39 Å². The van der Waals surface area contributed by atoms with Gasteiger partial charge >= 0.3 is 0 Å². The second-order valence-electron chi connectivity index (χ2n) is 5.28. The van der Waals surface area contributed by atoms with E-state index < -0.39 is 0 Å². The van der Waals surface area contributed by atoms with Crippen molar-refractivity contribution in [3.05, 3.63) is 65.0 Å². The van der Waals surface area contributed by atoms with E-state index in [1.165, 1.54) is 10.9 Å². The molecule has 0 spiro atoms. The fraction of sp³-hybridized carbons (Fsp3) is 0.235. The van der Waals surface area contributed by atoms with Crippen molar-refractivity contribution in [3.63, 3.8) is 0 Å². The summed E-state index contributed by atoms with van der Waals surface area (Å²) in [6, 6.07) is 10.4. The third-order valence-electron chi connectivity index (χ3n) is 3.73. The Morgan fingerprint density at radius 3 is 2.87 bits per heavy atom. The molecule has 0 fully saturated rings. The Kier molecular flexibility index (Phi) is 4.23. The smallest absolute Gasteiger partial charge is 0.287 e. The van der Waals surface area contributed by atoms with Crippen LogP contribution < -0.4 is 10.9 Å². The second-order valence-corrected chi connectivity index (χ2v) is 5.28. The van der Waals surface area contributed by atoms with Gasteiger partial charge in [-0.1, -0.05) is 25.1 Å². The van der Waals surface area contributed by atoms with Gasteiger partial charge in [-0.15, -0.1) is 0 Å². The first-order valence-electron chi connectivity index (χ1n) is 7.48. The van der Waals surface area contributed by atoms with Gasteiger partial charge in [-0.2, -0.15) is 5.10 Å². The number of furan rings is 1. The summed E-state index contributed by atoms with van der Waals surface area (Å²) in [6.07, 6.45) is 3.79. The standard InChI is InChI=1S/C17H17N3O3/c1-2-13(19-16(21)15-8-5-9-23-15)11-20-17(22)14-7-4-3-6-12(14)10-18-20/h3-10,13H,2,11H2,1H3,(H,19,21)/t13-/m0/s1. The van der Waals surface area contributed by atoms with Crippen LogP contribution >= 0.6 is 0 Å². The Labute approximate surface area is 132 Å². The van der Waals surface area contributed by atoms with Crippen molar-refractivity contribution in [2.45, 2.75) is 25.9 Å². The number of nitrogens with one attached hydrogen (secondary N) is 1. The van der Waals surface area contributed by atoms with Gasteiger partial charge in [-0.3, -0.25) is 9.59 Å². The first-order chi connectivity index (χ1) is 11.2. The number of hydrogen-bond acceptors (Lipinski definition) is 4. The summed E-state index contributed by atoms with van der Waals surface area (Å²) in [6.45, 7) is 2.26. The molecule has 1 amide bonds. The lowest BCUT2D eigenvalue weighted by Crippen LogP contribution is -2.40. The largest absolute Gasteiger partial charge is 0.459 e. The summed E-state index contributed by atoms with van der Waals surface area (Å²) in [5.74, 6) is -0.0436. The third kappa shape index (κ3) is 3.15. The van der Waals surface area contributed by atoms with Gasteiger partial charge < -0.3 is 9.73 Å². The van der Waals surface area contributed by atoms with Gasteiger partial charge in [0.25, 0.3) is 11.5 Å². The molecule has 0 aliphatic rings. The van der Waals surface area contributed by atoms with Gasteiger partial charge in [0.2, 0.25) is 0 Å². The summed E-state index contributed by atoms with van der Waals surface area (Å²) in [4.78, 5) is 24.5. The van der Waals surface area contributed by atoms with Crippen LogP contribution in [0.2, 0.25) is 0 Å². The molecule has 3 rings (SSSR count). The van der Waals surface area contributed by atoms with Crippen LogP contribution in [-0.4, -0.2) is 21.7 Å². The summed E-state index contributed by atoms with van der Waals surface area (Å²) in [5.41, 5.74) is -0.159. The molecule has 23 heavy (non-hydrogen) atoms. The lowest BCUT2D eigenvalue weighted by Gasteiger charge is -2.17. The molecule has 0 aliphatic carbocycles. The number of aromatic nitrogens is 2. The molecule has 1 N–H and O–H groups in total. The highest BCUT2D eigenvalue weighted by atomic mass is 16.3. The Morgan fingerprint density at radius 2 is 2.13 bits per heavy atom. The number of hydrogen-bond donors (Lipinski definition) is 1. The van der Waals surface area contributed by atoms with E-state index in [0.29, 0.717) is 18.4 Å². The zero-order chi connectivity index (χ0) is 16.2. The van der Waals surface area contributed by atoms with E-state index in [-0.39, 0.29) is 23.3 Å². The van der Waals surface area contributed by atoms with Gasteiger partial charge in [0, 0.05) is 11.4 Å². The molecular weight excluding hydrogens is 294 g/mol. The van der Waals surface area contributed by atoms with Crippen molar-refractivity contribution in [3.8, 4) is 0 Å². The van der Waals surface area contributed by atoms with Gasteiger partial charge in [0.05, 0.1) is 24.4 Å². The van der Waals surface area contributed by atoms with Crippen LogP contribution in [0.15, 0.2) is 58.1 Å². The van der Waals surface area contributed by atoms with Crippen LogP contribution in [0.5, 0.6) is 0 Å². The SMILES string of the molecule is CC[C@@H](Cn1ncc2ccccc2c1=O)NC(=O)c1ccco1. The molecule has 0 saturated carbocycles. The summed E-state index contributed by atoms with van der Waals surface area (Å²) < 4.78 is 6.46. The number of nitrogens with zero attached hydrogens (tertiary/aromatic N) is 2. The quantitative estimate of drug-likeness (QED) is 0.783. The van der Waals surface area contributed by atoms with Crippen LogP contribution in [0.4, 0.5) is 0 Å². The molecule has 0 unspecified atom stereocenters. The van der Waals surface area contributed by atoms with Gasteiger partial charge in [-0.05, 0) is 24.6 Å². The predicted molar refractivity (Wildman–Crippen MR) is 86.3 cm³/mol. The average Bonchev–Trinajstić information content (AvgIpc) is 3.11. The Balaban J connectivity index is 1.80. The molecule has 118 valence electrons. The highest BCUT2D eigenvalue weighted by Gasteiger charge is 2.16. The van der Waals surface area contributed by atoms with Crippen LogP contribution in [-0.2, 0) is 6.54 Å². The zero-order valence-electron chi connectivity index (χ0n) is 12.7. The number of benzene rings is 1. The lowest BCUT2D eigenvalue weighted by molar-refractivity contribution is 0.0902. The molecular formula is C17H17N3O3. The van der Waals surface area contributed by atoms with Gasteiger partial charge in [-0.25, -0.2) is 4.68 Å². The van der Waals surface area contributed by atoms with Crippen molar-refractivity contribution in [2.24, 2.45) is 0 Å². The minimum absolute atomic E-state index is 0.159. The summed E-state index contributed by atoms with van der Waals surface area (Å²) in [5, 5.41) is 8.48. The van der Waals surface area contributed by atoms with E-state index in [1.807, 2.05) is 25.1 Å². The van der Waals surface area contributed by atoms with E-state index in [4.69, 9.17) is 4.42 Å². The zero-order valence-corrected chi connectivity index (χ0v) is 12.7. The highest BCUT2D eigenvalue weighted by molar-refractivity contribution is 5.91. The normalized spacial score (nSPS) is 12.2. The molecule has 3 aromatic rings. The first kappa shape index (κ1) is 15.0. The molecule has 0 radical (unpaired) electrons. The fourth-order valence-electron chi connectivity index (χ4n) is 2.41. The Hall–Kier alpha value is -2.89. The summed E-state index contributed by atoms with van der Waals surface area (Å²) >= 11 is 0. The maximum absolute atomic E-state index is 12.5.